The SMILES string of the molecule is CN(Cc1ccccn1)S(=O)(=O)C=Cc1ccccc1Cl. The van der Waals surface area contributed by atoms with Crippen molar-refractivity contribution in [1.82, 2.24) is 9.29 Å². The van der Waals surface area contributed by atoms with E-state index in [-0.39, 0.29) is 6.54 Å². The summed E-state index contributed by atoms with van der Waals surface area (Å²) in [5.41, 5.74) is 1.35. The van der Waals surface area contributed by atoms with Gasteiger partial charge in [-0.2, -0.15) is 4.31 Å². The van der Waals surface area contributed by atoms with Crippen LogP contribution in [0.25, 0.3) is 6.08 Å². The fourth-order valence-electron chi connectivity index (χ4n) is 1.68. The van der Waals surface area contributed by atoms with E-state index in [2.05, 4.69) is 4.98 Å². The second-order valence-electron chi connectivity index (χ2n) is 4.45. The van der Waals surface area contributed by atoms with Crippen LogP contribution in [0.1, 0.15) is 11.3 Å². The van der Waals surface area contributed by atoms with Gasteiger partial charge in [-0.05, 0) is 29.8 Å². The predicted molar refractivity (Wildman–Crippen MR) is 85.1 cm³/mol. The average molecular weight is 323 g/mol. The van der Waals surface area contributed by atoms with Crippen LogP contribution in [0, 0.1) is 0 Å². The van der Waals surface area contributed by atoms with Gasteiger partial charge in [-0.15, -0.1) is 0 Å². The Hall–Kier alpha value is -1.69. The normalized spacial score (nSPS) is 12.1. The molecular formula is C15H15ClN2O2S. The van der Waals surface area contributed by atoms with Gasteiger partial charge in [0.05, 0.1) is 12.2 Å². The molecule has 0 atom stereocenters. The summed E-state index contributed by atoms with van der Waals surface area (Å²) in [6, 6.07) is 12.5. The molecule has 0 radical (unpaired) electrons. The molecule has 2 rings (SSSR count). The van der Waals surface area contributed by atoms with Crippen molar-refractivity contribution in [3.05, 3.63) is 70.3 Å². The molecule has 2 aromatic rings. The molecule has 0 aliphatic heterocycles. The van der Waals surface area contributed by atoms with Crippen LogP contribution in [0.2, 0.25) is 5.02 Å². The zero-order chi connectivity index (χ0) is 15.3. The lowest BCUT2D eigenvalue weighted by Crippen LogP contribution is -2.24. The summed E-state index contributed by atoms with van der Waals surface area (Å²) < 4.78 is 25.6. The first-order chi connectivity index (χ1) is 9.99. The van der Waals surface area contributed by atoms with Crippen molar-refractivity contribution in [2.45, 2.75) is 6.54 Å². The van der Waals surface area contributed by atoms with Gasteiger partial charge in [0.1, 0.15) is 0 Å². The highest BCUT2D eigenvalue weighted by Gasteiger charge is 2.15. The van der Waals surface area contributed by atoms with Gasteiger partial charge in [0, 0.05) is 23.7 Å². The van der Waals surface area contributed by atoms with Crippen molar-refractivity contribution in [2.24, 2.45) is 0 Å². The Labute approximate surface area is 129 Å². The zero-order valence-corrected chi connectivity index (χ0v) is 13.1. The summed E-state index contributed by atoms with van der Waals surface area (Å²) in [6.45, 7) is 0.218. The van der Waals surface area contributed by atoms with Crippen LogP contribution < -0.4 is 0 Å². The fourth-order valence-corrected chi connectivity index (χ4v) is 2.72. The van der Waals surface area contributed by atoms with E-state index in [9.17, 15) is 8.42 Å². The Bertz CT molecular complexity index is 730. The molecule has 0 amide bonds. The molecule has 6 heteroatoms. The molecule has 0 fully saturated rings. The molecule has 21 heavy (non-hydrogen) atoms. The van der Waals surface area contributed by atoms with Gasteiger partial charge in [0.15, 0.2) is 0 Å². The number of aromatic nitrogens is 1. The molecule has 0 aliphatic rings. The maximum Gasteiger partial charge on any atom is 0.236 e. The Balaban J connectivity index is 2.13. The highest BCUT2D eigenvalue weighted by molar-refractivity contribution is 7.92. The summed E-state index contributed by atoms with van der Waals surface area (Å²) in [7, 11) is -2.00. The standard InChI is InChI=1S/C15H15ClN2O2S/c1-18(12-14-7-4-5-10-17-14)21(19,20)11-9-13-6-2-3-8-15(13)16/h2-11H,12H2,1H3. The van der Waals surface area contributed by atoms with Crippen LogP contribution in [-0.4, -0.2) is 24.8 Å². The molecule has 0 saturated carbocycles. The van der Waals surface area contributed by atoms with Gasteiger partial charge >= 0.3 is 0 Å². The van der Waals surface area contributed by atoms with E-state index >= 15 is 0 Å². The smallest absolute Gasteiger partial charge is 0.236 e. The molecule has 110 valence electrons. The number of hydrogen-bond acceptors (Lipinski definition) is 3. The van der Waals surface area contributed by atoms with Gasteiger partial charge in [-0.25, -0.2) is 8.42 Å². The predicted octanol–water partition coefficient (Wildman–Crippen LogP) is 3.17. The summed E-state index contributed by atoms with van der Waals surface area (Å²) in [4.78, 5) is 4.11. The maximum absolute atomic E-state index is 12.2. The van der Waals surface area contributed by atoms with Crippen molar-refractivity contribution >= 4 is 27.7 Å². The minimum absolute atomic E-state index is 0.218. The number of nitrogens with zero attached hydrogens (tertiary/aromatic N) is 2. The average Bonchev–Trinajstić information content (AvgIpc) is 2.47. The Morgan fingerprint density at radius 3 is 2.57 bits per heavy atom. The number of rotatable bonds is 5. The summed E-state index contributed by atoms with van der Waals surface area (Å²) in [5, 5.41) is 1.66. The number of sulfonamides is 1. The Morgan fingerprint density at radius 1 is 1.19 bits per heavy atom. The monoisotopic (exact) mass is 322 g/mol. The molecule has 0 N–H and O–H groups in total. The third-order valence-corrected chi connectivity index (χ3v) is 4.69. The van der Waals surface area contributed by atoms with Gasteiger partial charge in [-0.1, -0.05) is 35.9 Å². The lowest BCUT2D eigenvalue weighted by molar-refractivity contribution is 0.470. The number of halogens is 1. The van der Waals surface area contributed by atoms with E-state index < -0.39 is 10.0 Å². The van der Waals surface area contributed by atoms with Crippen molar-refractivity contribution in [3.63, 3.8) is 0 Å². The summed E-state index contributed by atoms with van der Waals surface area (Å²) >= 11 is 5.99. The lowest BCUT2D eigenvalue weighted by Gasteiger charge is -2.13. The Kier molecular flexibility index (Phi) is 5.12. The van der Waals surface area contributed by atoms with E-state index in [1.165, 1.54) is 17.4 Å². The number of benzene rings is 1. The topological polar surface area (TPSA) is 50.3 Å². The van der Waals surface area contributed by atoms with Crippen molar-refractivity contribution in [1.29, 1.82) is 0 Å². The van der Waals surface area contributed by atoms with E-state index in [1.807, 2.05) is 6.07 Å². The number of hydrogen-bond donors (Lipinski definition) is 0. The van der Waals surface area contributed by atoms with Crippen molar-refractivity contribution in [3.8, 4) is 0 Å². The molecule has 1 aromatic heterocycles. The van der Waals surface area contributed by atoms with Crippen LogP contribution in [0.4, 0.5) is 0 Å². The Morgan fingerprint density at radius 2 is 1.90 bits per heavy atom. The lowest BCUT2D eigenvalue weighted by atomic mass is 10.2. The van der Waals surface area contributed by atoms with Crippen LogP contribution in [-0.2, 0) is 16.6 Å². The van der Waals surface area contributed by atoms with Gasteiger partial charge in [-0.3, -0.25) is 4.98 Å². The van der Waals surface area contributed by atoms with Crippen LogP contribution in [0.3, 0.4) is 0 Å². The quantitative estimate of drug-likeness (QED) is 0.849. The molecule has 0 bridgehead atoms. The third-order valence-electron chi connectivity index (χ3n) is 2.87. The van der Waals surface area contributed by atoms with E-state index in [0.717, 1.165) is 5.41 Å². The second kappa shape index (κ2) is 6.85. The highest BCUT2D eigenvalue weighted by atomic mass is 35.5. The molecule has 1 heterocycles. The van der Waals surface area contributed by atoms with Crippen molar-refractivity contribution in [2.75, 3.05) is 7.05 Å². The van der Waals surface area contributed by atoms with Crippen molar-refractivity contribution < 1.29 is 8.42 Å². The van der Waals surface area contributed by atoms with Gasteiger partial charge in [0.25, 0.3) is 0 Å². The minimum atomic E-state index is -3.52. The molecule has 0 unspecified atom stereocenters. The molecule has 1 aromatic carbocycles. The van der Waals surface area contributed by atoms with Crippen LogP contribution in [0.5, 0.6) is 0 Å². The molecule has 0 aliphatic carbocycles. The van der Waals surface area contributed by atoms with E-state index in [0.29, 0.717) is 16.3 Å². The third kappa shape index (κ3) is 4.39. The molecule has 4 nitrogen and oxygen atoms in total. The second-order valence-corrected chi connectivity index (χ2v) is 6.78. The summed E-state index contributed by atoms with van der Waals surface area (Å²) in [6.07, 6.45) is 3.13. The fraction of sp³-hybridized carbons (Fsp3) is 0.133. The molecule has 0 saturated heterocycles. The maximum atomic E-state index is 12.2. The first-order valence-corrected chi connectivity index (χ1v) is 8.16. The van der Waals surface area contributed by atoms with E-state index in [1.54, 1.807) is 42.6 Å². The minimum Gasteiger partial charge on any atom is -0.260 e. The summed E-state index contributed by atoms with van der Waals surface area (Å²) in [5.74, 6) is 0. The molecular weight excluding hydrogens is 308 g/mol. The molecule has 0 spiro atoms. The van der Waals surface area contributed by atoms with Crippen LogP contribution >= 0.6 is 11.6 Å². The zero-order valence-electron chi connectivity index (χ0n) is 11.5. The van der Waals surface area contributed by atoms with Gasteiger partial charge in [0.2, 0.25) is 10.0 Å². The largest absolute Gasteiger partial charge is 0.260 e. The van der Waals surface area contributed by atoms with E-state index in [4.69, 9.17) is 11.6 Å². The van der Waals surface area contributed by atoms with Crippen LogP contribution in [0.15, 0.2) is 54.1 Å². The highest BCUT2D eigenvalue weighted by Crippen LogP contribution is 2.17. The first kappa shape index (κ1) is 15.7. The first-order valence-electron chi connectivity index (χ1n) is 6.28. The number of pyridine rings is 1. The van der Waals surface area contributed by atoms with Gasteiger partial charge < -0.3 is 0 Å².